The van der Waals surface area contributed by atoms with Crippen LogP contribution in [0, 0.1) is 11.8 Å². The lowest BCUT2D eigenvalue weighted by Crippen LogP contribution is -1.80. The predicted octanol–water partition coefficient (Wildman–Crippen LogP) is 2.83. The van der Waals surface area contributed by atoms with Crippen molar-refractivity contribution in [2.24, 2.45) is 0 Å². The standard InChI is InChI=1S/C12H8ClN/c13-7-2-5-10-3-1-4-11-6-8-14-9-12(10)11/h1,3-4,6,8-9H,7H2. The average molecular weight is 202 g/mol. The van der Waals surface area contributed by atoms with Crippen LogP contribution in [0.4, 0.5) is 0 Å². The first-order valence-corrected chi connectivity index (χ1v) is 4.83. The Hall–Kier alpha value is -1.52. The molecule has 1 aromatic carbocycles. The van der Waals surface area contributed by atoms with E-state index in [9.17, 15) is 0 Å². The zero-order chi connectivity index (χ0) is 9.80. The van der Waals surface area contributed by atoms with Crippen LogP contribution in [-0.4, -0.2) is 10.9 Å². The van der Waals surface area contributed by atoms with Crippen molar-refractivity contribution in [2.75, 3.05) is 5.88 Å². The van der Waals surface area contributed by atoms with E-state index in [0.717, 1.165) is 16.3 Å². The van der Waals surface area contributed by atoms with Crippen LogP contribution in [0.1, 0.15) is 5.56 Å². The second-order valence-electron chi connectivity index (χ2n) is 2.84. The quantitative estimate of drug-likeness (QED) is 0.472. The third kappa shape index (κ3) is 1.71. The van der Waals surface area contributed by atoms with Crippen LogP contribution in [0.2, 0.25) is 0 Å². The first-order valence-electron chi connectivity index (χ1n) is 4.29. The summed E-state index contributed by atoms with van der Waals surface area (Å²) in [5, 5.41) is 2.23. The monoisotopic (exact) mass is 201 g/mol. The molecular weight excluding hydrogens is 194 g/mol. The number of fused-ring (bicyclic) bond motifs is 1. The van der Waals surface area contributed by atoms with E-state index >= 15 is 0 Å². The number of benzene rings is 1. The van der Waals surface area contributed by atoms with E-state index in [4.69, 9.17) is 11.6 Å². The van der Waals surface area contributed by atoms with Gasteiger partial charge in [0, 0.05) is 23.3 Å². The zero-order valence-corrected chi connectivity index (χ0v) is 8.25. The number of halogens is 1. The fraction of sp³-hybridized carbons (Fsp3) is 0.0833. The fourth-order valence-electron chi connectivity index (χ4n) is 1.35. The van der Waals surface area contributed by atoms with Gasteiger partial charge in [0.2, 0.25) is 0 Å². The van der Waals surface area contributed by atoms with Gasteiger partial charge in [0.1, 0.15) is 0 Å². The van der Waals surface area contributed by atoms with Crippen LogP contribution in [0.15, 0.2) is 36.7 Å². The molecule has 0 N–H and O–H groups in total. The van der Waals surface area contributed by atoms with E-state index in [1.54, 1.807) is 6.20 Å². The van der Waals surface area contributed by atoms with E-state index in [0.29, 0.717) is 5.88 Å². The maximum Gasteiger partial charge on any atom is 0.0839 e. The van der Waals surface area contributed by atoms with Crippen LogP contribution in [0.25, 0.3) is 10.8 Å². The van der Waals surface area contributed by atoms with Crippen molar-refractivity contribution in [2.45, 2.75) is 0 Å². The van der Waals surface area contributed by atoms with Crippen LogP contribution < -0.4 is 0 Å². The highest BCUT2D eigenvalue weighted by atomic mass is 35.5. The first-order chi connectivity index (χ1) is 6.92. The van der Waals surface area contributed by atoms with Gasteiger partial charge in [-0.3, -0.25) is 4.98 Å². The highest BCUT2D eigenvalue weighted by Gasteiger charge is 1.96. The number of alkyl halides is 1. The van der Waals surface area contributed by atoms with Gasteiger partial charge in [-0.05, 0) is 17.5 Å². The summed E-state index contributed by atoms with van der Waals surface area (Å²) in [5.74, 6) is 6.22. The fourth-order valence-corrected chi connectivity index (χ4v) is 1.42. The summed E-state index contributed by atoms with van der Waals surface area (Å²) in [6.07, 6.45) is 3.61. The molecule has 0 unspecified atom stereocenters. The van der Waals surface area contributed by atoms with Crippen molar-refractivity contribution >= 4 is 22.4 Å². The van der Waals surface area contributed by atoms with Gasteiger partial charge in [0.05, 0.1) is 5.88 Å². The van der Waals surface area contributed by atoms with E-state index < -0.39 is 0 Å². The van der Waals surface area contributed by atoms with Crippen molar-refractivity contribution in [1.82, 2.24) is 4.98 Å². The normalized spacial score (nSPS) is 9.50. The van der Waals surface area contributed by atoms with Gasteiger partial charge in [-0.15, -0.1) is 11.6 Å². The van der Waals surface area contributed by atoms with Gasteiger partial charge in [-0.25, -0.2) is 0 Å². The third-order valence-corrected chi connectivity index (χ3v) is 2.11. The maximum absolute atomic E-state index is 5.51. The Kier molecular flexibility index (Phi) is 2.67. The van der Waals surface area contributed by atoms with Crippen molar-refractivity contribution in [3.63, 3.8) is 0 Å². The van der Waals surface area contributed by atoms with Gasteiger partial charge in [-0.2, -0.15) is 0 Å². The maximum atomic E-state index is 5.51. The summed E-state index contributed by atoms with van der Waals surface area (Å²) in [5.41, 5.74) is 0.983. The number of nitrogens with zero attached hydrogens (tertiary/aromatic N) is 1. The summed E-state index contributed by atoms with van der Waals surface area (Å²) in [4.78, 5) is 4.08. The van der Waals surface area contributed by atoms with Crippen molar-refractivity contribution in [3.8, 4) is 11.8 Å². The lowest BCUT2D eigenvalue weighted by Gasteiger charge is -1.98. The number of hydrogen-bond donors (Lipinski definition) is 0. The largest absolute Gasteiger partial charge is 0.264 e. The molecule has 0 amide bonds. The van der Waals surface area contributed by atoms with Crippen LogP contribution in [0.3, 0.4) is 0 Å². The predicted molar refractivity (Wildman–Crippen MR) is 59.3 cm³/mol. The lowest BCUT2D eigenvalue weighted by molar-refractivity contribution is 1.36. The van der Waals surface area contributed by atoms with E-state index in [1.165, 1.54) is 0 Å². The van der Waals surface area contributed by atoms with E-state index in [2.05, 4.69) is 16.8 Å². The van der Waals surface area contributed by atoms with Crippen LogP contribution in [-0.2, 0) is 0 Å². The molecule has 0 spiro atoms. The first kappa shape index (κ1) is 9.05. The van der Waals surface area contributed by atoms with Gasteiger partial charge >= 0.3 is 0 Å². The molecule has 0 radical (unpaired) electrons. The Morgan fingerprint density at radius 2 is 2.21 bits per heavy atom. The second-order valence-corrected chi connectivity index (χ2v) is 3.11. The summed E-state index contributed by atoms with van der Waals surface area (Å²) >= 11 is 5.51. The minimum atomic E-state index is 0.358. The van der Waals surface area contributed by atoms with E-state index in [-0.39, 0.29) is 0 Å². The molecule has 1 nitrogen and oxygen atoms in total. The number of rotatable bonds is 0. The molecule has 2 rings (SSSR count). The van der Waals surface area contributed by atoms with Crippen LogP contribution >= 0.6 is 11.6 Å². The molecule has 0 atom stereocenters. The SMILES string of the molecule is ClCC#Cc1cccc2ccncc12. The van der Waals surface area contributed by atoms with Crippen molar-refractivity contribution in [1.29, 1.82) is 0 Å². The molecule has 0 aliphatic rings. The van der Waals surface area contributed by atoms with Crippen molar-refractivity contribution < 1.29 is 0 Å². The molecule has 2 aromatic rings. The molecule has 0 aliphatic heterocycles. The Morgan fingerprint density at radius 3 is 3.07 bits per heavy atom. The molecule has 0 saturated heterocycles. The highest BCUT2D eigenvalue weighted by molar-refractivity contribution is 6.19. The second kappa shape index (κ2) is 4.13. The summed E-state index contributed by atoms with van der Waals surface area (Å²) in [6.45, 7) is 0. The molecule has 68 valence electrons. The van der Waals surface area contributed by atoms with Crippen LogP contribution in [0.5, 0.6) is 0 Å². The van der Waals surface area contributed by atoms with E-state index in [1.807, 2.05) is 30.5 Å². The van der Waals surface area contributed by atoms with Gasteiger partial charge in [0.25, 0.3) is 0 Å². The Bertz CT molecular complexity index is 503. The Labute approximate surface area is 87.7 Å². The van der Waals surface area contributed by atoms with Gasteiger partial charge in [0.15, 0.2) is 0 Å². The molecule has 2 heteroatoms. The van der Waals surface area contributed by atoms with Gasteiger partial charge < -0.3 is 0 Å². The summed E-state index contributed by atoms with van der Waals surface area (Å²) in [6, 6.07) is 7.98. The minimum absolute atomic E-state index is 0.358. The smallest absolute Gasteiger partial charge is 0.0839 e. The highest BCUT2D eigenvalue weighted by Crippen LogP contribution is 2.15. The summed E-state index contributed by atoms with van der Waals surface area (Å²) < 4.78 is 0. The molecule has 0 aliphatic carbocycles. The molecular formula is C12H8ClN. The average Bonchev–Trinajstić information content (AvgIpc) is 2.26. The molecule has 0 fully saturated rings. The lowest BCUT2D eigenvalue weighted by atomic mass is 10.1. The number of pyridine rings is 1. The van der Waals surface area contributed by atoms with Gasteiger partial charge in [-0.1, -0.05) is 24.0 Å². The molecule has 0 saturated carbocycles. The third-order valence-electron chi connectivity index (χ3n) is 1.97. The molecule has 0 bridgehead atoms. The minimum Gasteiger partial charge on any atom is -0.264 e. The molecule has 1 aromatic heterocycles. The number of hydrogen-bond acceptors (Lipinski definition) is 1. The Morgan fingerprint density at radius 1 is 1.29 bits per heavy atom. The number of aromatic nitrogens is 1. The zero-order valence-electron chi connectivity index (χ0n) is 7.50. The topological polar surface area (TPSA) is 12.9 Å². The Balaban J connectivity index is 2.65. The molecule has 14 heavy (non-hydrogen) atoms. The van der Waals surface area contributed by atoms with Crippen molar-refractivity contribution in [3.05, 3.63) is 42.2 Å². The molecule has 1 heterocycles. The summed E-state index contributed by atoms with van der Waals surface area (Å²) in [7, 11) is 0.